The molecule has 0 atom stereocenters. The molecule has 6 amide bonds. The summed E-state index contributed by atoms with van der Waals surface area (Å²) in [6.45, 7) is 6.62. The van der Waals surface area contributed by atoms with Gasteiger partial charge >= 0.3 is 17.8 Å². The van der Waals surface area contributed by atoms with Crippen molar-refractivity contribution in [2.75, 3.05) is 32.0 Å². The summed E-state index contributed by atoms with van der Waals surface area (Å²) in [5.41, 5.74) is 2.52. The van der Waals surface area contributed by atoms with Crippen molar-refractivity contribution in [3.63, 3.8) is 0 Å². The molecule has 0 bridgehead atoms. The number of nitrogens with one attached hydrogen (secondary N) is 1. The zero-order valence-corrected chi connectivity index (χ0v) is 17.3. The van der Waals surface area contributed by atoms with Crippen molar-refractivity contribution in [2.24, 2.45) is 5.92 Å². The molecule has 156 valence electrons. The predicted octanol–water partition coefficient (Wildman–Crippen LogP) is 1.15. The molecule has 0 saturated carbocycles. The molecule has 0 unspecified atom stereocenters. The van der Waals surface area contributed by atoms with Gasteiger partial charge in [-0.3, -0.25) is 24.1 Å². The highest BCUT2D eigenvalue weighted by molar-refractivity contribution is 6.45. The molecule has 0 aliphatic carbocycles. The summed E-state index contributed by atoms with van der Waals surface area (Å²) in [7, 11) is 1.39. The zero-order chi connectivity index (χ0) is 21.9. The Hall–Kier alpha value is -3.23. The van der Waals surface area contributed by atoms with Crippen LogP contribution in [0.15, 0.2) is 18.2 Å². The summed E-state index contributed by atoms with van der Waals surface area (Å²) < 4.78 is 0. The maximum Gasteiger partial charge on any atom is 0.334 e. The molecule has 1 aromatic rings. The van der Waals surface area contributed by atoms with Crippen LogP contribution in [0.2, 0.25) is 0 Å². The van der Waals surface area contributed by atoms with E-state index in [0.29, 0.717) is 10.6 Å². The monoisotopic (exact) mass is 402 g/mol. The summed E-state index contributed by atoms with van der Waals surface area (Å²) in [4.78, 5) is 63.6. The van der Waals surface area contributed by atoms with Gasteiger partial charge in [0.15, 0.2) is 0 Å². The number of anilines is 1. The lowest BCUT2D eigenvalue weighted by Crippen LogP contribution is -2.44. The number of carbonyl (C=O) groups is 5. The third-order valence-corrected chi connectivity index (χ3v) is 4.45. The maximum atomic E-state index is 12.4. The lowest BCUT2D eigenvalue weighted by Gasteiger charge is -2.21. The van der Waals surface area contributed by atoms with Crippen LogP contribution in [-0.4, -0.2) is 71.0 Å². The minimum absolute atomic E-state index is 0.0113. The molecule has 1 fully saturated rings. The van der Waals surface area contributed by atoms with Gasteiger partial charge < -0.3 is 10.2 Å². The van der Waals surface area contributed by atoms with Crippen LogP contribution in [0.3, 0.4) is 0 Å². The largest absolute Gasteiger partial charge is 0.335 e. The van der Waals surface area contributed by atoms with Crippen molar-refractivity contribution in [2.45, 2.75) is 27.7 Å². The fraction of sp³-hybridized carbons (Fsp3) is 0.450. The second-order valence-electron chi connectivity index (χ2n) is 7.60. The van der Waals surface area contributed by atoms with Crippen molar-refractivity contribution in [3.05, 3.63) is 29.3 Å². The Balaban J connectivity index is 1.97. The third kappa shape index (κ3) is 5.18. The van der Waals surface area contributed by atoms with Gasteiger partial charge in [0.1, 0.15) is 6.54 Å². The van der Waals surface area contributed by atoms with Crippen molar-refractivity contribution < 1.29 is 24.0 Å². The molecule has 0 aromatic heterocycles. The topological polar surface area (TPSA) is 107 Å². The number of rotatable bonds is 7. The van der Waals surface area contributed by atoms with Crippen LogP contribution in [-0.2, 0) is 19.2 Å². The van der Waals surface area contributed by atoms with Gasteiger partial charge in [0, 0.05) is 19.3 Å². The smallest absolute Gasteiger partial charge is 0.334 e. The molecule has 1 aliphatic heterocycles. The van der Waals surface area contributed by atoms with Crippen molar-refractivity contribution in [3.8, 4) is 0 Å². The molecular weight excluding hydrogens is 376 g/mol. The fourth-order valence-corrected chi connectivity index (χ4v) is 2.84. The molecule has 9 heteroatoms. The summed E-state index contributed by atoms with van der Waals surface area (Å²) in [6.07, 6.45) is 0. The SMILES string of the molecule is Cc1ccc(C)c(NC(=O)CN(C)C(=O)CN2C(=O)C(=O)N(CC(C)C)C2=O)c1. The van der Waals surface area contributed by atoms with Gasteiger partial charge in [-0.15, -0.1) is 0 Å². The van der Waals surface area contributed by atoms with E-state index in [2.05, 4.69) is 5.32 Å². The lowest BCUT2D eigenvalue weighted by molar-refractivity contribution is -0.145. The summed E-state index contributed by atoms with van der Waals surface area (Å²) in [5, 5.41) is 2.74. The van der Waals surface area contributed by atoms with Gasteiger partial charge in [-0.05, 0) is 37.0 Å². The Morgan fingerprint density at radius 3 is 2.31 bits per heavy atom. The van der Waals surface area contributed by atoms with E-state index in [1.54, 1.807) is 13.8 Å². The van der Waals surface area contributed by atoms with E-state index in [1.807, 2.05) is 32.0 Å². The summed E-state index contributed by atoms with van der Waals surface area (Å²) in [5.74, 6) is -3.01. The fourth-order valence-electron chi connectivity index (χ4n) is 2.84. The van der Waals surface area contributed by atoms with Gasteiger partial charge in [0.05, 0.1) is 6.54 Å². The molecule has 1 aliphatic rings. The molecule has 1 aromatic carbocycles. The molecule has 0 spiro atoms. The van der Waals surface area contributed by atoms with Crippen molar-refractivity contribution in [1.29, 1.82) is 0 Å². The minimum atomic E-state index is -1.03. The highest BCUT2D eigenvalue weighted by Crippen LogP contribution is 2.17. The van der Waals surface area contributed by atoms with Crippen LogP contribution in [0.4, 0.5) is 10.5 Å². The third-order valence-electron chi connectivity index (χ3n) is 4.45. The molecule has 1 N–H and O–H groups in total. The molecule has 0 radical (unpaired) electrons. The summed E-state index contributed by atoms with van der Waals surface area (Å²) in [6, 6.07) is 4.82. The second kappa shape index (κ2) is 8.85. The molecule has 1 saturated heterocycles. The first-order chi connectivity index (χ1) is 13.5. The van der Waals surface area contributed by atoms with E-state index in [-0.39, 0.29) is 19.0 Å². The van der Waals surface area contributed by atoms with Crippen LogP contribution in [0.25, 0.3) is 0 Å². The van der Waals surface area contributed by atoms with Crippen molar-refractivity contribution in [1.82, 2.24) is 14.7 Å². The van der Waals surface area contributed by atoms with Gasteiger partial charge in [-0.1, -0.05) is 26.0 Å². The standard InChI is InChI=1S/C20H26N4O5/c1-12(2)9-23-18(27)19(28)24(20(23)29)11-17(26)22(5)10-16(25)21-15-8-13(3)6-7-14(15)4/h6-8,12H,9-11H2,1-5H3,(H,21,25). The van der Waals surface area contributed by atoms with E-state index in [4.69, 9.17) is 0 Å². The van der Waals surface area contributed by atoms with E-state index in [1.165, 1.54) is 7.05 Å². The molecule has 1 heterocycles. The lowest BCUT2D eigenvalue weighted by atomic mass is 10.1. The van der Waals surface area contributed by atoms with Crippen molar-refractivity contribution >= 4 is 35.3 Å². The van der Waals surface area contributed by atoms with Gasteiger partial charge in [-0.2, -0.15) is 0 Å². The number of amides is 6. The number of carbonyl (C=O) groups excluding carboxylic acids is 5. The number of nitrogens with zero attached hydrogens (tertiary/aromatic N) is 3. The van der Waals surface area contributed by atoms with Gasteiger partial charge in [0.2, 0.25) is 11.8 Å². The maximum absolute atomic E-state index is 12.4. The number of hydrogen-bond donors (Lipinski definition) is 1. The Kier molecular flexibility index (Phi) is 6.73. The van der Waals surface area contributed by atoms with Crippen LogP contribution in [0.1, 0.15) is 25.0 Å². The average molecular weight is 402 g/mol. The van der Waals surface area contributed by atoms with E-state index in [9.17, 15) is 24.0 Å². The number of likely N-dealkylation sites (N-methyl/N-ethyl adjacent to an activating group) is 1. The quantitative estimate of drug-likeness (QED) is 0.544. The van der Waals surface area contributed by atoms with E-state index < -0.39 is 36.2 Å². The number of aryl methyl sites for hydroxylation is 2. The molecular formula is C20H26N4O5. The van der Waals surface area contributed by atoms with Crippen LogP contribution in [0.5, 0.6) is 0 Å². The zero-order valence-electron chi connectivity index (χ0n) is 17.3. The molecule has 2 rings (SSSR count). The highest BCUT2D eigenvalue weighted by atomic mass is 16.2. The Bertz CT molecular complexity index is 864. The van der Waals surface area contributed by atoms with Gasteiger partial charge in [0.25, 0.3) is 0 Å². The number of imide groups is 2. The number of benzene rings is 1. The average Bonchev–Trinajstić information content (AvgIpc) is 2.82. The van der Waals surface area contributed by atoms with E-state index in [0.717, 1.165) is 20.9 Å². The normalized spacial score (nSPS) is 14.1. The summed E-state index contributed by atoms with van der Waals surface area (Å²) >= 11 is 0. The number of hydrogen-bond acceptors (Lipinski definition) is 5. The Labute approximate surface area is 169 Å². The predicted molar refractivity (Wildman–Crippen MR) is 106 cm³/mol. The first kappa shape index (κ1) is 22.1. The first-order valence-corrected chi connectivity index (χ1v) is 9.29. The minimum Gasteiger partial charge on any atom is -0.335 e. The Morgan fingerprint density at radius 2 is 1.69 bits per heavy atom. The first-order valence-electron chi connectivity index (χ1n) is 9.29. The molecule has 29 heavy (non-hydrogen) atoms. The van der Waals surface area contributed by atoms with Crippen LogP contribution < -0.4 is 5.32 Å². The Morgan fingerprint density at radius 1 is 1.07 bits per heavy atom. The number of urea groups is 1. The second-order valence-corrected chi connectivity index (χ2v) is 7.60. The highest BCUT2D eigenvalue weighted by Gasteiger charge is 2.45. The van der Waals surface area contributed by atoms with E-state index >= 15 is 0 Å². The van der Waals surface area contributed by atoms with Crippen LogP contribution >= 0.6 is 0 Å². The van der Waals surface area contributed by atoms with Gasteiger partial charge in [-0.25, -0.2) is 9.69 Å². The van der Waals surface area contributed by atoms with Crippen LogP contribution in [0, 0.1) is 19.8 Å². The molecule has 9 nitrogen and oxygen atoms in total.